The fourth-order valence-corrected chi connectivity index (χ4v) is 6.07. The van der Waals surface area contributed by atoms with E-state index in [-0.39, 0.29) is 12.3 Å². The molecule has 2 aliphatic rings. The van der Waals surface area contributed by atoms with Crippen molar-refractivity contribution in [3.63, 3.8) is 0 Å². The zero-order valence-electron chi connectivity index (χ0n) is 20.4. The molecule has 2 amide bonds. The Balaban J connectivity index is 1.65. The fraction of sp³-hybridized carbons (Fsp3) is 0.207. The van der Waals surface area contributed by atoms with Gasteiger partial charge < -0.3 is 9.72 Å². The van der Waals surface area contributed by atoms with Crippen molar-refractivity contribution in [3.8, 4) is 0 Å². The van der Waals surface area contributed by atoms with E-state index in [1.807, 2.05) is 24.3 Å². The fourth-order valence-electron chi connectivity index (χ4n) is 6.07. The SMILES string of the molecule is CCOC(=O)[C@H]1c2[nH]c3ccccc3c2[C@H](c2cccc([N+](=O)[O-])c2)[C@@H]2C(=O)N(c3ccccc3)C(=O)[C@@H]21. The number of para-hydroxylation sites is 2. The van der Waals surface area contributed by atoms with Crippen LogP contribution in [0.2, 0.25) is 0 Å². The molecule has 38 heavy (non-hydrogen) atoms. The number of fused-ring (bicyclic) bond motifs is 4. The largest absolute Gasteiger partial charge is 0.465 e. The van der Waals surface area contributed by atoms with Crippen LogP contribution in [0.5, 0.6) is 0 Å². The van der Waals surface area contributed by atoms with Crippen molar-refractivity contribution in [2.45, 2.75) is 18.8 Å². The van der Waals surface area contributed by atoms with Gasteiger partial charge in [-0.1, -0.05) is 48.5 Å². The highest BCUT2D eigenvalue weighted by Crippen LogP contribution is 2.56. The molecule has 1 aliphatic carbocycles. The minimum Gasteiger partial charge on any atom is -0.465 e. The van der Waals surface area contributed by atoms with Crippen LogP contribution >= 0.6 is 0 Å². The van der Waals surface area contributed by atoms with Crippen molar-refractivity contribution in [1.29, 1.82) is 0 Å². The monoisotopic (exact) mass is 509 g/mol. The van der Waals surface area contributed by atoms with Crippen LogP contribution in [0.1, 0.15) is 35.6 Å². The summed E-state index contributed by atoms with van der Waals surface area (Å²) in [5, 5.41) is 12.4. The van der Waals surface area contributed by atoms with Gasteiger partial charge in [0.25, 0.3) is 5.69 Å². The van der Waals surface area contributed by atoms with Crippen LogP contribution in [0, 0.1) is 22.0 Å². The number of nitrogens with zero attached hydrogens (tertiary/aromatic N) is 2. The first-order valence-electron chi connectivity index (χ1n) is 12.4. The summed E-state index contributed by atoms with van der Waals surface area (Å²) in [6.45, 7) is 1.80. The van der Waals surface area contributed by atoms with Gasteiger partial charge in [0.1, 0.15) is 5.92 Å². The summed E-state index contributed by atoms with van der Waals surface area (Å²) in [5.41, 5.74) is 2.73. The Morgan fingerprint density at radius 1 is 0.974 bits per heavy atom. The van der Waals surface area contributed by atoms with E-state index in [1.54, 1.807) is 49.4 Å². The molecule has 9 heteroatoms. The number of esters is 1. The number of ether oxygens (including phenoxy) is 1. The molecule has 2 heterocycles. The number of amides is 2. The Bertz CT molecular complexity index is 1610. The molecule has 190 valence electrons. The third kappa shape index (κ3) is 3.42. The molecule has 4 atom stereocenters. The minimum absolute atomic E-state index is 0.112. The van der Waals surface area contributed by atoms with Crippen molar-refractivity contribution < 1.29 is 24.0 Å². The third-order valence-corrected chi connectivity index (χ3v) is 7.51. The molecule has 1 fully saturated rings. The summed E-state index contributed by atoms with van der Waals surface area (Å²) in [7, 11) is 0. The van der Waals surface area contributed by atoms with E-state index >= 15 is 0 Å². The first-order valence-corrected chi connectivity index (χ1v) is 12.4. The molecule has 0 radical (unpaired) electrons. The van der Waals surface area contributed by atoms with Gasteiger partial charge in [-0.2, -0.15) is 0 Å². The Morgan fingerprint density at radius 3 is 2.42 bits per heavy atom. The molecule has 0 bridgehead atoms. The molecule has 6 rings (SSSR count). The number of hydrogen-bond acceptors (Lipinski definition) is 6. The van der Waals surface area contributed by atoms with Crippen LogP contribution < -0.4 is 4.90 Å². The van der Waals surface area contributed by atoms with Crippen molar-refractivity contribution >= 4 is 40.1 Å². The first-order chi connectivity index (χ1) is 18.4. The number of aromatic amines is 1. The Labute approximate surface area is 217 Å². The number of anilines is 1. The van der Waals surface area contributed by atoms with Crippen LogP contribution in [0.3, 0.4) is 0 Å². The van der Waals surface area contributed by atoms with Gasteiger partial charge in [-0.3, -0.25) is 24.5 Å². The van der Waals surface area contributed by atoms with Gasteiger partial charge in [0.2, 0.25) is 11.8 Å². The van der Waals surface area contributed by atoms with E-state index < -0.39 is 46.4 Å². The number of carbonyl (C=O) groups excluding carboxylic acids is 3. The highest BCUT2D eigenvalue weighted by atomic mass is 16.6. The molecule has 0 unspecified atom stereocenters. The minimum atomic E-state index is -1.05. The molecule has 1 saturated heterocycles. The summed E-state index contributed by atoms with van der Waals surface area (Å²) >= 11 is 0. The molecule has 3 aromatic carbocycles. The number of rotatable bonds is 5. The van der Waals surface area contributed by atoms with Gasteiger partial charge in [0, 0.05) is 34.6 Å². The number of nitro groups is 1. The molecular formula is C29H23N3O6. The summed E-state index contributed by atoms with van der Waals surface area (Å²) < 4.78 is 5.43. The summed E-state index contributed by atoms with van der Waals surface area (Å²) in [6, 6.07) is 22.2. The molecule has 4 aromatic rings. The van der Waals surface area contributed by atoms with Gasteiger partial charge in [-0.05, 0) is 36.2 Å². The standard InChI is InChI=1S/C29H23N3O6/c1-2-38-29(35)25-24-23(27(33)31(28(24)34)17-10-4-3-5-11-17)21(16-9-8-12-18(15-16)32(36)37)22-19-13-6-7-14-20(19)30-26(22)25/h3-15,21,23-25,30H,2H2,1H3/t21-,23-,24-,25+/m0/s1. The molecule has 1 aliphatic heterocycles. The highest BCUT2D eigenvalue weighted by molar-refractivity contribution is 6.24. The number of carbonyl (C=O) groups is 3. The lowest BCUT2D eigenvalue weighted by Gasteiger charge is -2.35. The topological polar surface area (TPSA) is 123 Å². The zero-order valence-corrected chi connectivity index (χ0v) is 20.4. The number of H-pyrrole nitrogens is 1. The van der Waals surface area contributed by atoms with Gasteiger partial charge in [-0.15, -0.1) is 0 Å². The van der Waals surface area contributed by atoms with Gasteiger partial charge >= 0.3 is 5.97 Å². The second-order valence-corrected chi connectivity index (χ2v) is 9.46. The van der Waals surface area contributed by atoms with E-state index in [0.29, 0.717) is 22.5 Å². The van der Waals surface area contributed by atoms with Crippen LogP contribution in [-0.4, -0.2) is 34.3 Å². The maximum Gasteiger partial charge on any atom is 0.315 e. The summed E-state index contributed by atoms with van der Waals surface area (Å²) in [6.07, 6.45) is 0. The highest BCUT2D eigenvalue weighted by Gasteiger charge is 2.61. The van der Waals surface area contributed by atoms with E-state index in [2.05, 4.69) is 4.98 Å². The number of aromatic nitrogens is 1. The van der Waals surface area contributed by atoms with Crippen LogP contribution in [0.4, 0.5) is 11.4 Å². The molecule has 1 aromatic heterocycles. The molecule has 0 saturated carbocycles. The predicted molar refractivity (Wildman–Crippen MR) is 139 cm³/mol. The van der Waals surface area contributed by atoms with Crippen LogP contribution in [0.25, 0.3) is 10.9 Å². The van der Waals surface area contributed by atoms with E-state index in [1.165, 1.54) is 12.1 Å². The van der Waals surface area contributed by atoms with E-state index in [0.717, 1.165) is 15.8 Å². The maximum absolute atomic E-state index is 14.2. The number of nitrogens with one attached hydrogen (secondary N) is 1. The van der Waals surface area contributed by atoms with E-state index in [9.17, 15) is 24.5 Å². The average molecular weight is 510 g/mol. The Kier molecular flexibility index (Phi) is 5.56. The van der Waals surface area contributed by atoms with Gasteiger partial charge in [0.15, 0.2) is 0 Å². The van der Waals surface area contributed by atoms with Crippen molar-refractivity contribution in [2.75, 3.05) is 11.5 Å². The normalized spacial score (nSPS) is 22.3. The second kappa shape index (κ2) is 8.95. The van der Waals surface area contributed by atoms with Crippen molar-refractivity contribution in [3.05, 3.63) is 106 Å². The van der Waals surface area contributed by atoms with Gasteiger partial charge in [0.05, 0.1) is 29.1 Å². The lowest BCUT2D eigenvalue weighted by Crippen LogP contribution is -2.39. The van der Waals surface area contributed by atoms with Crippen LogP contribution in [0.15, 0.2) is 78.9 Å². The number of nitro benzene ring substituents is 1. The summed E-state index contributed by atoms with van der Waals surface area (Å²) in [5.74, 6) is -5.30. The molecule has 1 N–H and O–H groups in total. The number of non-ortho nitro benzene ring substituents is 1. The Morgan fingerprint density at radius 2 is 1.68 bits per heavy atom. The third-order valence-electron chi connectivity index (χ3n) is 7.51. The molecular weight excluding hydrogens is 486 g/mol. The van der Waals surface area contributed by atoms with Crippen molar-refractivity contribution in [2.24, 2.45) is 11.8 Å². The molecule has 0 spiro atoms. The lowest BCUT2D eigenvalue weighted by molar-refractivity contribution is -0.384. The van der Waals surface area contributed by atoms with Gasteiger partial charge in [-0.25, -0.2) is 4.90 Å². The summed E-state index contributed by atoms with van der Waals surface area (Å²) in [4.78, 5) is 57.3. The predicted octanol–water partition coefficient (Wildman–Crippen LogP) is 4.67. The second-order valence-electron chi connectivity index (χ2n) is 9.46. The first kappa shape index (κ1) is 23.6. The quantitative estimate of drug-likeness (QED) is 0.180. The molecule has 9 nitrogen and oxygen atoms in total. The van der Waals surface area contributed by atoms with Crippen LogP contribution in [-0.2, 0) is 19.1 Å². The van der Waals surface area contributed by atoms with E-state index in [4.69, 9.17) is 4.74 Å². The average Bonchev–Trinajstić information content (AvgIpc) is 3.43. The Hall–Kier alpha value is -4.79. The number of benzene rings is 3. The maximum atomic E-state index is 14.2. The smallest absolute Gasteiger partial charge is 0.315 e. The number of hydrogen-bond donors (Lipinski definition) is 1. The number of imide groups is 1. The zero-order chi connectivity index (χ0) is 26.6. The lowest BCUT2D eigenvalue weighted by atomic mass is 9.64. The van der Waals surface area contributed by atoms with Crippen molar-refractivity contribution in [1.82, 2.24) is 4.98 Å².